The van der Waals surface area contributed by atoms with Crippen molar-refractivity contribution in [3.05, 3.63) is 51.8 Å². The molecule has 24 heavy (non-hydrogen) atoms. The van der Waals surface area contributed by atoms with Gasteiger partial charge in [0.1, 0.15) is 17.8 Å². The second-order valence-corrected chi connectivity index (χ2v) is 5.04. The van der Waals surface area contributed by atoms with E-state index in [0.717, 1.165) is 6.26 Å². The molecule has 0 unspecified atom stereocenters. The van der Waals surface area contributed by atoms with Gasteiger partial charge in [-0.25, -0.2) is 4.79 Å². The summed E-state index contributed by atoms with van der Waals surface area (Å²) in [5, 5.41) is 9.79. The number of rotatable bonds is 3. The Kier molecular flexibility index (Phi) is 3.69. The minimum Gasteiger partial charge on any atom is -0.507 e. The monoisotopic (exact) mass is 328 g/mol. The zero-order valence-corrected chi connectivity index (χ0v) is 12.8. The van der Waals surface area contributed by atoms with Crippen LogP contribution in [0.4, 0.5) is 0 Å². The van der Waals surface area contributed by atoms with Crippen LogP contribution in [0.25, 0.3) is 22.1 Å². The van der Waals surface area contributed by atoms with Crippen LogP contribution in [0.3, 0.4) is 0 Å². The number of esters is 1. The summed E-state index contributed by atoms with van der Waals surface area (Å²) in [6.07, 6.45) is 1.58. The summed E-state index contributed by atoms with van der Waals surface area (Å²) in [7, 11) is 1.22. The number of carbonyl (C=O) groups is 2. The standard InChI is InChI=1S/C17H12O7/c1-8-10(5-14(24-8)17(21)22-2)12-7-23-16-9(15(12)20)3-4-13(19)11(16)6-18/h3-7,19H,1-2H3. The third-order valence-electron chi connectivity index (χ3n) is 3.67. The Morgan fingerprint density at radius 2 is 2.04 bits per heavy atom. The van der Waals surface area contributed by atoms with Gasteiger partial charge in [0.15, 0.2) is 11.9 Å². The first kappa shape index (κ1) is 15.5. The largest absolute Gasteiger partial charge is 0.507 e. The van der Waals surface area contributed by atoms with E-state index in [2.05, 4.69) is 4.74 Å². The third-order valence-corrected chi connectivity index (χ3v) is 3.67. The predicted molar refractivity (Wildman–Crippen MR) is 83.3 cm³/mol. The second-order valence-electron chi connectivity index (χ2n) is 5.04. The molecule has 0 fully saturated rings. The highest BCUT2D eigenvalue weighted by Gasteiger charge is 2.20. The van der Waals surface area contributed by atoms with Gasteiger partial charge in [-0.2, -0.15) is 0 Å². The summed E-state index contributed by atoms with van der Waals surface area (Å²) in [6.45, 7) is 1.60. The molecule has 0 radical (unpaired) electrons. The molecule has 7 heteroatoms. The zero-order valence-electron chi connectivity index (χ0n) is 12.8. The smallest absolute Gasteiger partial charge is 0.373 e. The number of hydrogen-bond acceptors (Lipinski definition) is 7. The Hall–Kier alpha value is -3.35. The van der Waals surface area contributed by atoms with E-state index in [1.165, 1.54) is 25.3 Å². The molecule has 7 nitrogen and oxygen atoms in total. The van der Waals surface area contributed by atoms with Gasteiger partial charge in [0.25, 0.3) is 0 Å². The molecule has 0 atom stereocenters. The molecule has 2 heterocycles. The fourth-order valence-electron chi connectivity index (χ4n) is 2.46. The maximum Gasteiger partial charge on any atom is 0.373 e. The highest BCUT2D eigenvalue weighted by Crippen LogP contribution is 2.29. The maximum absolute atomic E-state index is 12.7. The zero-order chi connectivity index (χ0) is 17.4. The molecule has 0 amide bonds. The van der Waals surface area contributed by atoms with Crippen LogP contribution in [0, 0.1) is 6.92 Å². The second kappa shape index (κ2) is 5.69. The normalized spacial score (nSPS) is 10.8. The molecule has 0 saturated heterocycles. The fraction of sp³-hybridized carbons (Fsp3) is 0.118. The first-order valence-electron chi connectivity index (χ1n) is 6.89. The number of phenolic OH excluding ortho intramolecular Hbond substituents is 1. The van der Waals surface area contributed by atoms with Gasteiger partial charge in [0, 0.05) is 5.56 Å². The van der Waals surface area contributed by atoms with E-state index in [-0.39, 0.29) is 33.6 Å². The van der Waals surface area contributed by atoms with Crippen molar-refractivity contribution in [2.24, 2.45) is 0 Å². The summed E-state index contributed by atoms with van der Waals surface area (Å²) >= 11 is 0. The van der Waals surface area contributed by atoms with Gasteiger partial charge < -0.3 is 18.7 Å². The van der Waals surface area contributed by atoms with Crippen molar-refractivity contribution < 1.29 is 28.3 Å². The molecule has 0 aliphatic heterocycles. The van der Waals surface area contributed by atoms with Gasteiger partial charge in [0.05, 0.1) is 23.6 Å². The number of methoxy groups -OCH3 is 1. The molecule has 0 aliphatic rings. The lowest BCUT2D eigenvalue weighted by Gasteiger charge is -2.04. The lowest BCUT2D eigenvalue weighted by atomic mass is 10.0. The number of hydrogen-bond donors (Lipinski definition) is 1. The van der Waals surface area contributed by atoms with Crippen LogP contribution >= 0.6 is 0 Å². The molecule has 3 rings (SSSR count). The molecule has 2 aromatic heterocycles. The van der Waals surface area contributed by atoms with Gasteiger partial charge in [-0.05, 0) is 25.1 Å². The number of aromatic hydroxyl groups is 1. The van der Waals surface area contributed by atoms with E-state index < -0.39 is 11.4 Å². The van der Waals surface area contributed by atoms with Gasteiger partial charge >= 0.3 is 5.97 Å². The summed E-state index contributed by atoms with van der Waals surface area (Å²) < 4.78 is 15.3. The summed E-state index contributed by atoms with van der Waals surface area (Å²) in [4.78, 5) is 35.3. The number of ether oxygens (including phenoxy) is 1. The Bertz CT molecular complexity index is 1020. The molecular weight excluding hydrogens is 316 g/mol. The molecule has 0 spiro atoms. The van der Waals surface area contributed by atoms with Crippen LogP contribution in [-0.4, -0.2) is 24.5 Å². The van der Waals surface area contributed by atoms with Crippen LogP contribution in [-0.2, 0) is 4.74 Å². The average Bonchev–Trinajstić information content (AvgIpc) is 2.96. The van der Waals surface area contributed by atoms with Crippen LogP contribution in [0.2, 0.25) is 0 Å². The van der Waals surface area contributed by atoms with Crippen molar-refractivity contribution in [3.63, 3.8) is 0 Å². The molecule has 122 valence electrons. The lowest BCUT2D eigenvalue weighted by molar-refractivity contribution is 0.0563. The van der Waals surface area contributed by atoms with E-state index in [1.54, 1.807) is 6.92 Å². The Labute approximate surface area is 135 Å². The van der Waals surface area contributed by atoms with E-state index in [4.69, 9.17) is 8.83 Å². The number of benzene rings is 1. The molecule has 0 aliphatic carbocycles. The van der Waals surface area contributed by atoms with Crippen molar-refractivity contribution in [2.45, 2.75) is 6.92 Å². The van der Waals surface area contributed by atoms with Crippen molar-refractivity contribution in [3.8, 4) is 16.9 Å². The summed E-state index contributed by atoms with van der Waals surface area (Å²) in [5.74, 6) is -0.635. The number of phenols is 1. The van der Waals surface area contributed by atoms with Crippen molar-refractivity contribution in [1.82, 2.24) is 0 Å². The topological polar surface area (TPSA) is 107 Å². The minimum absolute atomic E-state index is 0.00640. The van der Waals surface area contributed by atoms with Gasteiger partial charge in [-0.15, -0.1) is 0 Å². The molecule has 3 aromatic rings. The highest BCUT2D eigenvalue weighted by atomic mass is 16.5. The highest BCUT2D eigenvalue weighted by molar-refractivity contribution is 5.98. The lowest BCUT2D eigenvalue weighted by Crippen LogP contribution is -2.06. The van der Waals surface area contributed by atoms with Gasteiger partial charge in [-0.1, -0.05) is 0 Å². The maximum atomic E-state index is 12.7. The molecule has 0 bridgehead atoms. The summed E-state index contributed by atoms with van der Waals surface area (Å²) in [5.41, 5.74) is 0.0243. The molecule has 1 aromatic carbocycles. The number of aryl methyl sites for hydroxylation is 1. The minimum atomic E-state index is -0.664. The Balaban J connectivity index is 2.26. The number of carbonyl (C=O) groups excluding carboxylic acids is 2. The summed E-state index contributed by atoms with van der Waals surface area (Å²) in [6, 6.07) is 4.00. The molecular formula is C17H12O7. The van der Waals surface area contributed by atoms with Crippen molar-refractivity contribution in [2.75, 3.05) is 7.11 Å². The van der Waals surface area contributed by atoms with Gasteiger partial charge in [-0.3, -0.25) is 9.59 Å². The van der Waals surface area contributed by atoms with Crippen LogP contribution in [0.15, 0.2) is 38.1 Å². The number of furan rings is 1. The quantitative estimate of drug-likeness (QED) is 0.581. The van der Waals surface area contributed by atoms with Crippen molar-refractivity contribution in [1.29, 1.82) is 0 Å². The number of aldehydes is 1. The Morgan fingerprint density at radius 1 is 1.29 bits per heavy atom. The van der Waals surface area contributed by atoms with Crippen molar-refractivity contribution >= 4 is 23.2 Å². The SMILES string of the molecule is COC(=O)c1cc(-c2coc3c(C=O)c(O)ccc3c2=O)c(C)o1. The molecule has 1 N–H and O–H groups in total. The average molecular weight is 328 g/mol. The van der Waals surface area contributed by atoms with E-state index in [0.29, 0.717) is 17.6 Å². The number of fused-ring (bicyclic) bond motifs is 1. The Morgan fingerprint density at radius 3 is 2.71 bits per heavy atom. The van der Waals surface area contributed by atoms with Crippen LogP contribution in [0.5, 0.6) is 5.75 Å². The third kappa shape index (κ3) is 2.26. The van der Waals surface area contributed by atoms with Gasteiger partial charge in [0.2, 0.25) is 11.2 Å². The van der Waals surface area contributed by atoms with E-state index >= 15 is 0 Å². The first-order valence-corrected chi connectivity index (χ1v) is 6.89. The first-order chi connectivity index (χ1) is 11.5. The van der Waals surface area contributed by atoms with Crippen LogP contribution < -0.4 is 5.43 Å². The van der Waals surface area contributed by atoms with Crippen LogP contribution in [0.1, 0.15) is 26.7 Å². The fourth-order valence-corrected chi connectivity index (χ4v) is 2.46. The molecule has 0 saturated carbocycles. The predicted octanol–water partition coefficient (Wildman–Crippen LogP) is 2.67. The van der Waals surface area contributed by atoms with E-state index in [1.807, 2.05) is 0 Å². The van der Waals surface area contributed by atoms with E-state index in [9.17, 15) is 19.5 Å².